The van der Waals surface area contributed by atoms with Crippen LogP contribution in [0.1, 0.15) is 24.8 Å². The number of nitrogens with one attached hydrogen (secondary N) is 1. The minimum atomic E-state index is 0.344. The van der Waals surface area contributed by atoms with Gasteiger partial charge < -0.3 is 5.32 Å². The molecule has 1 aromatic rings. The summed E-state index contributed by atoms with van der Waals surface area (Å²) in [4.78, 5) is 0. The summed E-state index contributed by atoms with van der Waals surface area (Å²) in [5.74, 6) is 2.59. The first kappa shape index (κ1) is 11.6. The lowest BCUT2D eigenvalue weighted by atomic mass is 9.64. The van der Waals surface area contributed by atoms with Gasteiger partial charge in [0, 0.05) is 12.0 Å². The van der Waals surface area contributed by atoms with Crippen LogP contribution in [0.3, 0.4) is 0 Å². The van der Waals surface area contributed by atoms with Crippen molar-refractivity contribution in [2.45, 2.75) is 24.7 Å². The molecule has 2 bridgehead atoms. The smallest absolute Gasteiger partial charge is 0.0595 e. The normalized spacial score (nSPS) is 41.3. The summed E-state index contributed by atoms with van der Waals surface area (Å²) < 4.78 is 0. The molecule has 1 saturated heterocycles. The Kier molecular flexibility index (Phi) is 2.49. The second-order valence-electron chi connectivity index (χ2n) is 6.18. The van der Waals surface area contributed by atoms with Gasteiger partial charge in [-0.05, 0) is 61.3 Å². The number of hydrogen-bond acceptors (Lipinski definition) is 1. The van der Waals surface area contributed by atoms with E-state index < -0.39 is 0 Å². The Morgan fingerprint density at radius 3 is 2.89 bits per heavy atom. The molecule has 4 unspecified atom stereocenters. The molecule has 1 aromatic carbocycles. The second-order valence-corrected chi connectivity index (χ2v) is 6.99. The van der Waals surface area contributed by atoms with Crippen LogP contribution < -0.4 is 5.32 Å². The first-order valence-corrected chi connectivity index (χ1v) is 7.63. The molecule has 4 atom stereocenters. The van der Waals surface area contributed by atoms with Crippen LogP contribution in [-0.4, -0.2) is 13.1 Å². The summed E-state index contributed by atoms with van der Waals surface area (Å²) in [6.07, 6.45) is 4.25. The van der Waals surface area contributed by atoms with Crippen molar-refractivity contribution in [2.75, 3.05) is 13.1 Å². The van der Waals surface area contributed by atoms with E-state index in [2.05, 4.69) is 17.4 Å². The third-order valence-electron chi connectivity index (χ3n) is 5.67. The SMILES string of the molecule is Clc1ccc(C23CNCC2C2CCC3C2)cc1Cl. The van der Waals surface area contributed by atoms with Gasteiger partial charge in [-0.15, -0.1) is 0 Å². The van der Waals surface area contributed by atoms with Crippen molar-refractivity contribution >= 4 is 23.2 Å². The van der Waals surface area contributed by atoms with Crippen molar-refractivity contribution in [3.8, 4) is 0 Å². The molecule has 1 heterocycles. The highest BCUT2D eigenvalue weighted by Crippen LogP contribution is 2.62. The maximum Gasteiger partial charge on any atom is 0.0595 e. The third kappa shape index (κ3) is 1.33. The zero-order valence-corrected chi connectivity index (χ0v) is 11.8. The van der Waals surface area contributed by atoms with Crippen LogP contribution in [0.4, 0.5) is 0 Å². The molecule has 0 spiro atoms. The minimum absolute atomic E-state index is 0.344. The summed E-state index contributed by atoms with van der Waals surface area (Å²) in [6.45, 7) is 2.30. The molecule has 3 fully saturated rings. The lowest BCUT2D eigenvalue weighted by Gasteiger charge is -2.39. The standard InChI is InChI=1S/C15H17Cl2N/c16-13-4-3-11(6-14(13)17)15-8-18-7-12(15)9-1-2-10(15)5-9/h3-4,6,9-10,12,18H,1-2,5,7-8H2. The Bertz CT molecular complexity index is 501. The second kappa shape index (κ2) is 3.88. The van der Waals surface area contributed by atoms with Crippen molar-refractivity contribution in [3.63, 3.8) is 0 Å². The average molecular weight is 282 g/mol. The quantitative estimate of drug-likeness (QED) is 0.824. The lowest BCUT2D eigenvalue weighted by Crippen LogP contribution is -2.40. The Hall–Kier alpha value is -0.240. The van der Waals surface area contributed by atoms with E-state index >= 15 is 0 Å². The predicted molar refractivity (Wildman–Crippen MR) is 75.3 cm³/mol. The van der Waals surface area contributed by atoms with Crippen molar-refractivity contribution in [1.82, 2.24) is 5.32 Å². The van der Waals surface area contributed by atoms with Gasteiger partial charge in [0.15, 0.2) is 0 Å². The molecule has 0 radical (unpaired) electrons. The predicted octanol–water partition coefficient (Wildman–Crippen LogP) is 3.88. The van der Waals surface area contributed by atoms with Crippen molar-refractivity contribution in [1.29, 1.82) is 0 Å². The summed E-state index contributed by atoms with van der Waals surface area (Å²) in [5.41, 5.74) is 1.76. The number of hydrogen-bond donors (Lipinski definition) is 1. The number of fused-ring (bicyclic) bond motifs is 5. The van der Waals surface area contributed by atoms with E-state index in [0.717, 1.165) is 24.3 Å². The highest BCUT2D eigenvalue weighted by molar-refractivity contribution is 6.42. The summed E-state index contributed by atoms with van der Waals surface area (Å²) in [6, 6.07) is 6.29. The molecule has 96 valence electrons. The van der Waals surface area contributed by atoms with Crippen molar-refractivity contribution in [2.24, 2.45) is 17.8 Å². The topological polar surface area (TPSA) is 12.0 Å². The van der Waals surface area contributed by atoms with Gasteiger partial charge in [0.25, 0.3) is 0 Å². The Balaban J connectivity index is 1.84. The van der Waals surface area contributed by atoms with Gasteiger partial charge in [0.05, 0.1) is 10.0 Å². The van der Waals surface area contributed by atoms with Crippen LogP contribution in [0, 0.1) is 17.8 Å². The van der Waals surface area contributed by atoms with Crippen LogP contribution in [0.25, 0.3) is 0 Å². The van der Waals surface area contributed by atoms with Crippen molar-refractivity contribution in [3.05, 3.63) is 33.8 Å². The first-order valence-electron chi connectivity index (χ1n) is 6.88. The van der Waals surface area contributed by atoms with Crippen LogP contribution in [0.15, 0.2) is 18.2 Å². The largest absolute Gasteiger partial charge is 0.316 e. The molecule has 2 saturated carbocycles. The van der Waals surface area contributed by atoms with Gasteiger partial charge in [-0.25, -0.2) is 0 Å². The number of benzene rings is 1. The van der Waals surface area contributed by atoms with Crippen LogP contribution in [0.5, 0.6) is 0 Å². The average Bonchev–Trinajstić information content (AvgIpc) is 3.02. The van der Waals surface area contributed by atoms with Crippen LogP contribution in [0.2, 0.25) is 10.0 Å². The summed E-state index contributed by atoms with van der Waals surface area (Å²) >= 11 is 12.3. The first-order chi connectivity index (χ1) is 8.72. The molecule has 1 nitrogen and oxygen atoms in total. The van der Waals surface area contributed by atoms with Gasteiger partial charge in [0.2, 0.25) is 0 Å². The molecule has 3 aliphatic rings. The minimum Gasteiger partial charge on any atom is -0.316 e. The Labute approximate surface area is 118 Å². The van der Waals surface area contributed by atoms with Crippen molar-refractivity contribution < 1.29 is 0 Å². The van der Waals surface area contributed by atoms with E-state index in [4.69, 9.17) is 23.2 Å². The van der Waals surface area contributed by atoms with Gasteiger partial charge >= 0.3 is 0 Å². The zero-order valence-electron chi connectivity index (χ0n) is 10.3. The maximum atomic E-state index is 6.23. The van der Waals surface area contributed by atoms with Crippen LogP contribution >= 0.6 is 23.2 Å². The molecule has 2 aliphatic carbocycles. The highest BCUT2D eigenvalue weighted by Gasteiger charge is 2.60. The fourth-order valence-electron chi connectivity index (χ4n) is 4.97. The molecule has 0 aromatic heterocycles. The van der Waals surface area contributed by atoms with Crippen LogP contribution in [-0.2, 0) is 5.41 Å². The van der Waals surface area contributed by atoms with E-state index in [1.54, 1.807) is 0 Å². The molecule has 18 heavy (non-hydrogen) atoms. The Morgan fingerprint density at radius 1 is 1.17 bits per heavy atom. The number of rotatable bonds is 1. The Morgan fingerprint density at radius 2 is 2.06 bits per heavy atom. The van der Waals surface area contributed by atoms with E-state index in [-0.39, 0.29) is 0 Å². The lowest BCUT2D eigenvalue weighted by molar-refractivity contribution is 0.225. The monoisotopic (exact) mass is 281 g/mol. The summed E-state index contributed by atoms with van der Waals surface area (Å²) in [7, 11) is 0. The molecular weight excluding hydrogens is 265 g/mol. The summed E-state index contributed by atoms with van der Waals surface area (Å²) in [5, 5.41) is 5.00. The number of halogens is 2. The van der Waals surface area contributed by atoms with Gasteiger partial charge in [-0.2, -0.15) is 0 Å². The van der Waals surface area contributed by atoms with Gasteiger partial charge in [-0.3, -0.25) is 0 Å². The molecule has 1 aliphatic heterocycles. The molecule has 1 N–H and O–H groups in total. The van der Waals surface area contributed by atoms with E-state index in [1.807, 2.05) is 6.07 Å². The van der Waals surface area contributed by atoms with E-state index in [1.165, 1.54) is 31.4 Å². The van der Waals surface area contributed by atoms with E-state index in [0.29, 0.717) is 15.5 Å². The van der Waals surface area contributed by atoms with Gasteiger partial charge in [0.1, 0.15) is 0 Å². The highest BCUT2D eigenvalue weighted by atomic mass is 35.5. The van der Waals surface area contributed by atoms with E-state index in [9.17, 15) is 0 Å². The zero-order chi connectivity index (χ0) is 12.3. The maximum absolute atomic E-state index is 6.23. The molecular formula is C15H17Cl2N. The fraction of sp³-hybridized carbons (Fsp3) is 0.600. The molecule has 0 amide bonds. The molecule has 3 heteroatoms. The molecule has 4 rings (SSSR count). The fourth-order valence-corrected chi connectivity index (χ4v) is 5.27. The van der Waals surface area contributed by atoms with Gasteiger partial charge in [-0.1, -0.05) is 29.3 Å². The third-order valence-corrected chi connectivity index (χ3v) is 6.41.